The lowest BCUT2D eigenvalue weighted by atomic mass is 9.85. The molecule has 0 spiro atoms. The van der Waals surface area contributed by atoms with E-state index in [1.807, 2.05) is 31.2 Å². The van der Waals surface area contributed by atoms with E-state index in [2.05, 4.69) is 10.6 Å². The van der Waals surface area contributed by atoms with E-state index < -0.39 is 5.60 Å². The first-order chi connectivity index (χ1) is 9.57. The maximum atomic E-state index is 11.8. The van der Waals surface area contributed by atoms with Crippen molar-refractivity contribution in [3.63, 3.8) is 0 Å². The molecule has 0 aliphatic heterocycles. The highest BCUT2D eigenvalue weighted by molar-refractivity contribution is 5.92. The van der Waals surface area contributed by atoms with Crippen LogP contribution < -0.4 is 10.6 Å². The second-order valence-electron chi connectivity index (χ2n) is 5.80. The minimum absolute atomic E-state index is 0.0757. The number of aliphatic hydroxyl groups is 1. The molecule has 0 radical (unpaired) electrons. The van der Waals surface area contributed by atoms with Gasteiger partial charge in [0.05, 0.1) is 12.1 Å². The number of aryl methyl sites for hydroxylation is 1. The first kappa shape index (κ1) is 15.0. The topological polar surface area (TPSA) is 61.4 Å². The zero-order valence-corrected chi connectivity index (χ0v) is 12.1. The van der Waals surface area contributed by atoms with Crippen molar-refractivity contribution in [3.05, 3.63) is 29.8 Å². The molecule has 1 aromatic carbocycles. The molecule has 1 aliphatic rings. The van der Waals surface area contributed by atoms with Gasteiger partial charge in [-0.1, -0.05) is 37.0 Å². The van der Waals surface area contributed by atoms with Crippen molar-refractivity contribution in [3.8, 4) is 0 Å². The lowest BCUT2D eigenvalue weighted by Gasteiger charge is -2.32. The van der Waals surface area contributed by atoms with Crippen LogP contribution in [0.15, 0.2) is 24.3 Å². The lowest BCUT2D eigenvalue weighted by Crippen LogP contribution is -2.44. The molecular formula is C16H24N2O2. The first-order valence-corrected chi connectivity index (χ1v) is 7.37. The molecule has 1 aliphatic carbocycles. The molecule has 110 valence electrons. The highest BCUT2D eigenvalue weighted by atomic mass is 16.3. The van der Waals surface area contributed by atoms with Crippen LogP contribution in [-0.4, -0.2) is 29.7 Å². The van der Waals surface area contributed by atoms with Crippen LogP contribution in [-0.2, 0) is 4.79 Å². The highest BCUT2D eigenvalue weighted by Crippen LogP contribution is 2.27. The SMILES string of the molecule is Cc1ccc(NC(=O)CNCC2(O)CCCCC2)cc1. The number of hydrogen-bond donors (Lipinski definition) is 3. The average molecular weight is 276 g/mol. The van der Waals surface area contributed by atoms with Gasteiger partial charge in [0.1, 0.15) is 0 Å². The Labute approximate surface area is 120 Å². The van der Waals surface area contributed by atoms with E-state index in [4.69, 9.17) is 0 Å². The van der Waals surface area contributed by atoms with Gasteiger partial charge in [0.2, 0.25) is 5.91 Å². The molecule has 1 amide bonds. The summed E-state index contributed by atoms with van der Waals surface area (Å²) in [6.45, 7) is 2.74. The Hall–Kier alpha value is -1.39. The minimum atomic E-state index is -0.623. The van der Waals surface area contributed by atoms with E-state index in [1.54, 1.807) is 0 Å². The molecule has 0 unspecified atom stereocenters. The molecule has 0 bridgehead atoms. The second kappa shape index (κ2) is 6.86. The van der Waals surface area contributed by atoms with Crippen LogP contribution in [0.1, 0.15) is 37.7 Å². The molecule has 0 aromatic heterocycles. The largest absolute Gasteiger partial charge is 0.389 e. The third-order valence-corrected chi connectivity index (χ3v) is 3.86. The Balaban J connectivity index is 1.71. The number of hydrogen-bond acceptors (Lipinski definition) is 3. The van der Waals surface area contributed by atoms with Crippen molar-refractivity contribution >= 4 is 11.6 Å². The van der Waals surface area contributed by atoms with E-state index >= 15 is 0 Å². The van der Waals surface area contributed by atoms with Gasteiger partial charge >= 0.3 is 0 Å². The average Bonchev–Trinajstić information content (AvgIpc) is 2.42. The summed E-state index contributed by atoms with van der Waals surface area (Å²) in [5, 5.41) is 16.2. The number of carbonyl (C=O) groups is 1. The van der Waals surface area contributed by atoms with Gasteiger partial charge in [0, 0.05) is 12.2 Å². The van der Waals surface area contributed by atoms with Gasteiger partial charge in [-0.25, -0.2) is 0 Å². The van der Waals surface area contributed by atoms with Gasteiger partial charge in [-0.15, -0.1) is 0 Å². The van der Waals surface area contributed by atoms with Gasteiger partial charge in [0.25, 0.3) is 0 Å². The minimum Gasteiger partial charge on any atom is -0.389 e. The molecule has 0 heterocycles. The summed E-state index contributed by atoms with van der Waals surface area (Å²) < 4.78 is 0. The van der Waals surface area contributed by atoms with E-state index in [-0.39, 0.29) is 12.5 Å². The fraction of sp³-hybridized carbons (Fsp3) is 0.562. The molecule has 4 nitrogen and oxygen atoms in total. The number of nitrogens with one attached hydrogen (secondary N) is 2. The predicted octanol–water partition coefficient (Wildman–Crippen LogP) is 2.22. The lowest BCUT2D eigenvalue weighted by molar-refractivity contribution is -0.115. The summed E-state index contributed by atoms with van der Waals surface area (Å²) >= 11 is 0. The third kappa shape index (κ3) is 4.62. The van der Waals surface area contributed by atoms with Gasteiger partial charge in [-0.2, -0.15) is 0 Å². The number of amides is 1. The zero-order valence-electron chi connectivity index (χ0n) is 12.1. The monoisotopic (exact) mass is 276 g/mol. The fourth-order valence-corrected chi connectivity index (χ4v) is 2.64. The smallest absolute Gasteiger partial charge is 0.238 e. The Bertz CT molecular complexity index is 436. The van der Waals surface area contributed by atoms with Crippen LogP contribution in [0.2, 0.25) is 0 Å². The van der Waals surface area contributed by atoms with E-state index in [0.29, 0.717) is 6.54 Å². The van der Waals surface area contributed by atoms with E-state index in [9.17, 15) is 9.90 Å². The summed E-state index contributed by atoms with van der Waals surface area (Å²) in [6.07, 6.45) is 5.02. The van der Waals surface area contributed by atoms with Crippen LogP contribution in [0.3, 0.4) is 0 Å². The Morgan fingerprint density at radius 1 is 1.20 bits per heavy atom. The van der Waals surface area contributed by atoms with E-state index in [1.165, 1.54) is 12.0 Å². The summed E-state index contributed by atoms with van der Waals surface area (Å²) in [6, 6.07) is 7.71. The summed E-state index contributed by atoms with van der Waals surface area (Å²) in [7, 11) is 0. The van der Waals surface area contributed by atoms with Crippen molar-refractivity contribution in [1.82, 2.24) is 5.32 Å². The number of carbonyl (C=O) groups excluding carboxylic acids is 1. The second-order valence-corrected chi connectivity index (χ2v) is 5.80. The normalized spacial score (nSPS) is 17.7. The van der Waals surface area contributed by atoms with Crippen LogP contribution in [0.25, 0.3) is 0 Å². The maximum absolute atomic E-state index is 11.8. The molecule has 0 saturated heterocycles. The molecule has 4 heteroatoms. The van der Waals surface area contributed by atoms with Crippen molar-refractivity contribution in [2.45, 2.75) is 44.6 Å². The number of benzene rings is 1. The molecule has 1 aromatic rings. The van der Waals surface area contributed by atoms with Crippen molar-refractivity contribution in [1.29, 1.82) is 0 Å². The molecule has 20 heavy (non-hydrogen) atoms. The van der Waals surface area contributed by atoms with Crippen LogP contribution in [0, 0.1) is 6.92 Å². The van der Waals surface area contributed by atoms with Crippen molar-refractivity contribution in [2.24, 2.45) is 0 Å². The maximum Gasteiger partial charge on any atom is 0.238 e. The summed E-state index contributed by atoms with van der Waals surface area (Å²) in [5.41, 5.74) is 1.35. The summed E-state index contributed by atoms with van der Waals surface area (Å²) in [4.78, 5) is 11.8. The van der Waals surface area contributed by atoms with Gasteiger partial charge in [-0.05, 0) is 31.9 Å². The Morgan fingerprint density at radius 3 is 2.50 bits per heavy atom. The highest BCUT2D eigenvalue weighted by Gasteiger charge is 2.28. The van der Waals surface area contributed by atoms with Gasteiger partial charge in [0.15, 0.2) is 0 Å². The molecule has 0 atom stereocenters. The molecule has 1 fully saturated rings. The predicted molar refractivity (Wildman–Crippen MR) is 80.7 cm³/mol. The Kier molecular flexibility index (Phi) is 5.15. The quantitative estimate of drug-likeness (QED) is 0.773. The van der Waals surface area contributed by atoms with Crippen molar-refractivity contribution in [2.75, 3.05) is 18.4 Å². The molecule has 3 N–H and O–H groups in total. The van der Waals surface area contributed by atoms with Crippen LogP contribution in [0.4, 0.5) is 5.69 Å². The summed E-state index contributed by atoms with van der Waals surface area (Å²) in [5.74, 6) is -0.0757. The van der Waals surface area contributed by atoms with Crippen LogP contribution in [0.5, 0.6) is 0 Å². The molecule has 1 saturated carbocycles. The standard InChI is InChI=1S/C16H24N2O2/c1-13-5-7-14(8-6-13)18-15(19)11-17-12-16(20)9-3-2-4-10-16/h5-8,17,20H,2-4,9-12H2,1H3,(H,18,19). The van der Waals surface area contributed by atoms with Crippen LogP contribution >= 0.6 is 0 Å². The van der Waals surface area contributed by atoms with Gasteiger partial charge in [-0.3, -0.25) is 4.79 Å². The zero-order chi connectivity index (χ0) is 14.4. The molecule has 2 rings (SSSR count). The molecular weight excluding hydrogens is 252 g/mol. The Morgan fingerprint density at radius 2 is 1.85 bits per heavy atom. The third-order valence-electron chi connectivity index (χ3n) is 3.86. The van der Waals surface area contributed by atoms with Crippen molar-refractivity contribution < 1.29 is 9.90 Å². The fourth-order valence-electron chi connectivity index (χ4n) is 2.64. The van der Waals surface area contributed by atoms with Gasteiger partial charge < -0.3 is 15.7 Å². The number of rotatable bonds is 5. The van der Waals surface area contributed by atoms with E-state index in [0.717, 1.165) is 31.4 Å². The number of anilines is 1. The first-order valence-electron chi connectivity index (χ1n) is 7.37.